The molecular formula is C28H31N5O7. The van der Waals surface area contributed by atoms with Gasteiger partial charge in [-0.1, -0.05) is 6.07 Å². The van der Waals surface area contributed by atoms with Gasteiger partial charge in [-0.05, 0) is 61.4 Å². The Kier molecular flexibility index (Phi) is 9.57. The minimum atomic E-state index is -0.983. The number of benzene rings is 1. The fraction of sp³-hybridized carbons (Fsp3) is 0.357. The Morgan fingerprint density at radius 3 is 2.33 bits per heavy atom. The number of aliphatic carboxylic acids is 1. The first-order valence-corrected chi connectivity index (χ1v) is 13.0. The molecule has 0 saturated carbocycles. The van der Waals surface area contributed by atoms with Crippen molar-refractivity contribution in [1.82, 2.24) is 15.2 Å². The number of hydrogen-bond acceptors (Lipinski definition) is 8. The van der Waals surface area contributed by atoms with Crippen LogP contribution >= 0.6 is 0 Å². The van der Waals surface area contributed by atoms with E-state index in [9.17, 15) is 24.0 Å². The minimum Gasteiger partial charge on any atom is -0.481 e. The lowest BCUT2D eigenvalue weighted by Crippen LogP contribution is -2.46. The van der Waals surface area contributed by atoms with Gasteiger partial charge in [0.05, 0.1) is 31.4 Å². The summed E-state index contributed by atoms with van der Waals surface area (Å²) in [5, 5.41) is 13.8. The molecule has 3 heterocycles. The predicted molar refractivity (Wildman–Crippen MR) is 146 cm³/mol. The summed E-state index contributed by atoms with van der Waals surface area (Å²) in [7, 11) is 0. The Bertz CT molecular complexity index is 1280. The molecule has 2 aromatic rings. The summed E-state index contributed by atoms with van der Waals surface area (Å²) in [6.07, 6.45) is 3.77. The van der Waals surface area contributed by atoms with Crippen LogP contribution < -0.4 is 15.5 Å². The molecule has 0 aliphatic carbocycles. The van der Waals surface area contributed by atoms with Gasteiger partial charge in [0.1, 0.15) is 5.82 Å². The lowest BCUT2D eigenvalue weighted by Gasteiger charge is -2.30. The number of carboxylic acids is 1. The smallest absolute Gasteiger partial charge is 0.313 e. The highest BCUT2D eigenvalue weighted by molar-refractivity contribution is 6.39. The first kappa shape index (κ1) is 28.4. The van der Waals surface area contributed by atoms with Crippen LogP contribution in [0.2, 0.25) is 0 Å². The number of nitrogens with one attached hydrogen (secondary N) is 2. The number of pyridine rings is 1. The molecule has 210 valence electrons. The second-order valence-electron chi connectivity index (χ2n) is 9.43. The lowest BCUT2D eigenvalue weighted by atomic mass is 9.97. The Balaban J connectivity index is 1.23. The normalized spacial score (nSPS) is 16.0. The third-order valence-corrected chi connectivity index (χ3v) is 6.73. The molecular weight excluding hydrogens is 518 g/mol. The van der Waals surface area contributed by atoms with Crippen LogP contribution in [0.5, 0.6) is 0 Å². The number of hydrogen-bond donors (Lipinski definition) is 3. The molecule has 0 bridgehead atoms. The van der Waals surface area contributed by atoms with Gasteiger partial charge in [-0.15, -0.1) is 0 Å². The first-order valence-electron chi connectivity index (χ1n) is 13.0. The summed E-state index contributed by atoms with van der Waals surface area (Å²) in [5.74, 6) is -3.10. The fourth-order valence-electron chi connectivity index (χ4n) is 4.39. The molecule has 1 aromatic heterocycles. The number of piperidine rings is 1. The Morgan fingerprint density at radius 2 is 1.65 bits per heavy atom. The quantitative estimate of drug-likeness (QED) is 0.250. The van der Waals surface area contributed by atoms with Crippen LogP contribution in [0.1, 0.15) is 28.9 Å². The Hall–Kier alpha value is -4.58. The van der Waals surface area contributed by atoms with Crippen molar-refractivity contribution in [3.8, 4) is 0 Å². The Morgan fingerprint density at radius 1 is 0.950 bits per heavy atom. The summed E-state index contributed by atoms with van der Waals surface area (Å²) < 4.78 is 5.37. The fourth-order valence-corrected chi connectivity index (χ4v) is 4.39. The zero-order valence-electron chi connectivity index (χ0n) is 21.9. The van der Waals surface area contributed by atoms with Crippen LogP contribution in [0.3, 0.4) is 0 Å². The van der Waals surface area contributed by atoms with Crippen molar-refractivity contribution in [1.29, 1.82) is 0 Å². The summed E-state index contributed by atoms with van der Waals surface area (Å²) in [5.41, 5.74) is 1.35. The van der Waals surface area contributed by atoms with E-state index >= 15 is 0 Å². The molecule has 12 heteroatoms. The van der Waals surface area contributed by atoms with Crippen LogP contribution in [0.4, 0.5) is 11.5 Å². The number of carbonyl (C=O) groups excluding carboxylic acids is 4. The van der Waals surface area contributed by atoms with Crippen LogP contribution in [0.15, 0.2) is 48.5 Å². The zero-order chi connectivity index (χ0) is 28.5. The van der Waals surface area contributed by atoms with E-state index in [-0.39, 0.29) is 31.3 Å². The van der Waals surface area contributed by atoms with E-state index in [2.05, 4.69) is 20.5 Å². The molecule has 12 nitrogen and oxygen atoms in total. The maximum atomic E-state index is 12.6. The van der Waals surface area contributed by atoms with E-state index in [1.807, 2.05) is 18.2 Å². The van der Waals surface area contributed by atoms with Gasteiger partial charge in [0.25, 0.3) is 0 Å². The second kappa shape index (κ2) is 13.5. The van der Waals surface area contributed by atoms with E-state index in [0.29, 0.717) is 43.0 Å². The number of ether oxygens (including phenoxy) is 1. The van der Waals surface area contributed by atoms with Gasteiger partial charge in [-0.2, -0.15) is 0 Å². The van der Waals surface area contributed by atoms with Crippen molar-refractivity contribution in [3.63, 3.8) is 0 Å². The SMILES string of the molecule is O=C(NCC(=O)N1CCC(C(=O)O)CC1)C(=O)Nc1ccc(C(=O)C=Cc2cccc(N3CCOCC3)n2)cc1. The molecule has 1 aromatic carbocycles. The molecule has 2 saturated heterocycles. The van der Waals surface area contributed by atoms with Gasteiger partial charge >= 0.3 is 17.8 Å². The topological polar surface area (TPSA) is 158 Å². The molecule has 0 spiro atoms. The van der Waals surface area contributed by atoms with Crippen molar-refractivity contribution in [2.24, 2.45) is 5.92 Å². The van der Waals surface area contributed by atoms with Gasteiger partial charge in [0, 0.05) is 37.4 Å². The number of ketones is 1. The number of allylic oxidation sites excluding steroid dienone is 1. The number of aromatic nitrogens is 1. The van der Waals surface area contributed by atoms with Crippen molar-refractivity contribution in [2.75, 3.05) is 56.2 Å². The average molecular weight is 550 g/mol. The van der Waals surface area contributed by atoms with E-state index in [0.717, 1.165) is 18.9 Å². The second-order valence-corrected chi connectivity index (χ2v) is 9.43. The van der Waals surface area contributed by atoms with Crippen molar-refractivity contribution in [2.45, 2.75) is 12.8 Å². The number of carbonyl (C=O) groups is 5. The van der Waals surface area contributed by atoms with E-state index in [1.165, 1.54) is 35.2 Å². The largest absolute Gasteiger partial charge is 0.481 e. The molecule has 40 heavy (non-hydrogen) atoms. The van der Waals surface area contributed by atoms with Crippen LogP contribution in [0.25, 0.3) is 6.08 Å². The zero-order valence-corrected chi connectivity index (χ0v) is 21.9. The number of rotatable bonds is 8. The van der Waals surface area contributed by atoms with Crippen molar-refractivity contribution < 1.29 is 33.8 Å². The van der Waals surface area contributed by atoms with Crippen molar-refractivity contribution >= 4 is 47.1 Å². The highest BCUT2D eigenvalue weighted by Gasteiger charge is 2.27. The number of likely N-dealkylation sites (tertiary alicyclic amines) is 1. The highest BCUT2D eigenvalue weighted by Crippen LogP contribution is 2.17. The molecule has 0 atom stereocenters. The molecule has 3 amide bonds. The number of morpholine rings is 1. The van der Waals surface area contributed by atoms with E-state index in [1.54, 1.807) is 6.08 Å². The summed E-state index contributed by atoms with van der Waals surface area (Å²) in [4.78, 5) is 68.5. The standard InChI is InChI=1S/C28H31N5O7/c34-23(9-8-21-2-1-3-24(30-21)32-14-16-40-17-15-32)19-4-6-22(7-5-19)31-27(37)26(36)29-18-25(35)33-12-10-20(11-13-33)28(38)39/h1-9,20H,10-18H2,(H,29,36)(H,31,37)(H,38,39). The average Bonchev–Trinajstić information content (AvgIpc) is 2.99. The number of anilines is 2. The molecule has 0 unspecified atom stereocenters. The van der Waals surface area contributed by atoms with Crippen LogP contribution in [-0.4, -0.2) is 90.4 Å². The number of carboxylic acid groups (broad SMARTS) is 1. The van der Waals surface area contributed by atoms with E-state index in [4.69, 9.17) is 9.84 Å². The van der Waals surface area contributed by atoms with E-state index < -0.39 is 23.7 Å². The van der Waals surface area contributed by atoms with Gasteiger partial charge in [0.15, 0.2) is 5.78 Å². The maximum absolute atomic E-state index is 12.6. The molecule has 0 radical (unpaired) electrons. The predicted octanol–water partition coefficient (Wildman–Crippen LogP) is 1.19. The minimum absolute atomic E-state index is 0.250. The summed E-state index contributed by atoms with van der Waals surface area (Å²) >= 11 is 0. The van der Waals surface area contributed by atoms with Crippen LogP contribution in [0, 0.1) is 5.92 Å². The molecule has 2 fully saturated rings. The highest BCUT2D eigenvalue weighted by atomic mass is 16.5. The van der Waals surface area contributed by atoms with Gasteiger partial charge in [-0.3, -0.25) is 24.0 Å². The van der Waals surface area contributed by atoms with Gasteiger partial charge < -0.3 is 30.3 Å². The molecule has 3 N–H and O–H groups in total. The molecule has 4 rings (SSSR count). The first-order chi connectivity index (χ1) is 19.3. The third-order valence-electron chi connectivity index (χ3n) is 6.73. The van der Waals surface area contributed by atoms with Gasteiger partial charge in [-0.25, -0.2) is 4.98 Å². The van der Waals surface area contributed by atoms with Gasteiger partial charge in [0.2, 0.25) is 5.91 Å². The summed E-state index contributed by atoms with van der Waals surface area (Å²) in [6, 6.07) is 11.7. The van der Waals surface area contributed by atoms with Crippen molar-refractivity contribution in [3.05, 3.63) is 59.8 Å². The third kappa shape index (κ3) is 7.73. The monoisotopic (exact) mass is 549 g/mol. The maximum Gasteiger partial charge on any atom is 0.313 e. The lowest BCUT2D eigenvalue weighted by molar-refractivity contribution is -0.145. The summed E-state index contributed by atoms with van der Waals surface area (Å²) in [6.45, 7) is 3.03. The molecule has 2 aliphatic rings. The number of nitrogens with zero attached hydrogens (tertiary/aromatic N) is 3. The number of amides is 3. The van der Waals surface area contributed by atoms with Crippen LogP contribution in [-0.2, 0) is 23.9 Å². The Labute approximate surface area is 231 Å². The molecule has 2 aliphatic heterocycles.